The fourth-order valence-corrected chi connectivity index (χ4v) is 7.62. The van der Waals surface area contributed by atoms with Gasteiger partial charge in [0.25, 0.3) is 0 Å². The molecule has 0 aromatic heterocycles. The Morgan fingerprint density at radius 2 is 0.912 bits per heavy atom. The number of carbonyl (C=O) groups excluding carboxylic acids is 2. The summed E-state index contributed by atoms with van der Waals surface area (Å²) in [6, 6.07) is -0.549. The lowest BCUT2D eigenvalue weighted by Gasteiger charge is -2.22. The summed E-state index contributed by atoms with van der Waals surface area (Å²) in [6.07, 6.45) is 54.2. The van der Waals surface area contributed by atoms with Gasteiger partial charge < -0.3 is 20.3 Å². The van der Waals surface area contributed by atoms with E-state index in [9.17, 15) is 19.8 Å². The number of rotatable bonds is 46. The maximum absolute atomic E-state index is 12.4. The molecule has 1 amide bonds. The highest BCUT2D eigenvalue weighted by molar-refractivity contribution is 5.76. The van der Waals surface area contributed by atoms with Crippen molar-refractivity contribution in [3.63, 3.8) is 0 Å². The topological polar surface area (TPSA) is 95.9 Å². The Hall–Kier alpha value is -1.66. The minimum absolute atomic E-state index is 0.0178. The van der Waals surface area contributed by atoms with E-state index in [-0.39, 0.29) is 18.5 Å². The molecule has 0 spiro atoms. The van der Waals surface area contributed by atoms with E-state index in [2.05, 4.69) is 43.5 Å². The highest BCUT2D eigenvalue weighted by Crippen LogP contribution is 2.16. The van der Waals surface area contributed by atoms with Gasteiger partial charge >= 0.3 is 5.97 Å². The van der Waals surface area contributed by atoms with Crippen molar-refractivity contribution in [2.24, 2.45) is 0 Å². The third-order valence-electron chi connectivity index (χ3n) is 11.5. The van der Waals surface area contributed by atoms with E-state index in [0.717, 1.165) is 57.8 Å². The average molecular weight is 804 g/mol. The third kappa shape index (κ3) is 43.7. The Balaban J connectivity index is 3.45. The van der Waals surface area contributed by atoms with E-state index in [4.69, 9.17) is 4.74 Å². The van der Waals surface area contributed by atoms with Crippen molar-refractivity contribution >= 4 is 11.9 Å². The molecule has 0 rings (SSSR count). The van der Waals surface area contributed by atoms with Crippen molar-refractivity contribution in [1.29, 1.82) is 0 Å². The molecule has 0 aromatic rings. The maximum atomic E-state index is 12.4. The number of aliphatic hydroxyl groups excluding tert-OH is 2. The van der Waals surface area contributed by atoms with Crippen LogP contribution in [0.3, 0.4) is 0 Å². The van der Waals surface area contributed by atoms with Gasteiger partial charge in [0.1, 0.15) is 0 Å². The lowest BCUT2D eigenvalue weighted by molar-refractivity contribution is -0.143. The van der Waals surface area contributed by atoms with Crippen molar-refractivity contribution in [1.82, 2.24) is 5.32 Å². The summed E-state index contributed by atoms with van der Waals surface area (Å²) in [5.41, 5.74) is 0. The first-order valence-electron chi connectivity index (χ1n) is 25.1. The van der Waals surface area contributed by atoms with Gasteiger partial charge in [0.15, 0.2) is 0 Å². The molecule has 2 unspecified atom stereocenters. The molecule has 6 heteroatoms. The van der Waals surface area contributed by atoms with E-state index >= 15 is 0 Å². The second kappa shape index (κ2) is 47.0. The summed E-state index contributed by atoms with van der Waals surface area (Å²) >= 11 is 0. The second-order valence-electron chi connectivity index (χ2n) is 17.1. The average Bonchev–Trinajstić information content (AvgIpc) is 3.21. The highest BCUT2D eigenvalue weighted by atomic mass is 16.5. The van der Waals surface area contributed by atoms with Crippen molar-refractivity contribution in [3.8, 4) is 0 Å². The summed E-state index contributed by atoms with van der Waals surface area (Å²) in [4.78, 5) is 24.4. The minimum atomic E-state index is -0.670. The highest BCUT2D eigenvalue weighted by Gasteiger charge is 2.20. The number of allylic oxidation sites excluding steroid dienone is 4. The third-order valence-corrected chi connectivity index (χ3v) is 11.5. The van der Waals surface area contributed by atoms with Crippen LogP contribution in [-0.4, -0.2) is 47.4 Å². The molecule has 3 N–H and O–H groups in total. The number of nitrogens with one attached hydrogen (secondary N) is 1. The number of carbonyl (C=O) groups is 2. The standard InChI is InChI=1S/C51H97NO5/c1-3-5-7-9-11-13-15-19-23-27-31-35-39-43-49(54)48(47-53)52-50(55)44-40-36-32-28-24-21-17-18-22-26-30-34-38-42-46-57-51(56)45-41-37-33-29-25-20-16-14-12-10-8-6-4-2/h8,10,14,16,48-49,53-54H,3-7,9,11-13,15,17-47H2,1-2H3,(H,52,55)/b10-8-,16-14-. The quantitative estimate of drug-likeness (QED) is 0.0324. The number of hydrogen-bond acceptors (Lipinski definition) is 5. The van der Waals surface area contributed by atoms with E-state index in [1.807, 2.05) is 0 Å². The number of ether oxygens (including phenoxy) is 1. The first-order chi connectivity index (χ1) is 28.0. The molecular weight excluding hydrogens is 707 g/mol. The molecule has 0 heterocycles. The molecule has 336 valence electrons. The molecule has 0 aromatic carbocycles. The van der Waals surface area contributed by atoms with Crippen LogP contribution in [0.4, 0.5) is 0 Å². The Morgan fingerprint density at radius 3 is 1.40 bits per heavy atom. The zero-order valence-corrected chi connectivity index (χ0v) is 38.1. The summed E-state index contributed by atoms with van der Waals surface area (Å²) in [5, 5.41) is 23.2. The largest absolute Gasteiger partial charge is 0.466 e. The van der Waals surface area contributed by atoms with Gasteiger partial charge in [-0.1, -0.05) is 224 Å². The predicted octanol–water partition coefficient (Wildman–Crippen LogP) is 14.7. The fourth-order valence-electron chi connectivity index (χ4n) is 7.62. The van der Waals surface area contributed by atoms with E-state index in [1.54, 1.807) is 0 Å². The second-order valence-corrected chi connectivity index (χ2v) is 17.1. The molecule has 0 radical (unpaired) electrons. The Bertz CT molecular complexity index is 889. The maximum Gasteiger partial charge on any atom is 0.305 e. The summed E-state index contributed by atoms with van der Waals surface area (Å²) < 4.78 is 5.45. The Kier molecular flexibility index (Phi) is 45.7. The SMILES string of the molecule is CCC/C=C\C/C=C\CCCCCCCC(=O)OCCCCCCCCCCCCCCCCC(=O)NC(CO)C(O)CCCCCCCCCCCCCCC. The fraction of sp³-hybridized carbons (Fsp3) is 0.882. The number of aliphatic hydroxyl groups is 2. The van der Waals surface area contributed by atoms with Crippen LogP contribution in [0.5, 0.6) is 0 Å². The first-order valence-corrected chi connectivity index (χ1v) is 25.1. The van der Waals surface area contributed by atoms with Crippen molar-refractivity contribution in [3.05, 3.63) is 24.3 Å². The van der Waals surface area contributed by atoms with Gasteiger partial charge in [0.05, 0.1) is 25.4 Å². The van der Waals surface area contributed by atoms with Gasteiger partial charge in [-0.25, -0.2) is 0 Å². The van der Waals surface area contributed by atoms with Crippen LogP contribution in [0, 0.1) is 0 Å². The molecule has 0 saturated carbocycles. The van der Waals surface area contributed by atoms with Crippen molar-refractivity contribution < 1.29 is 24.5 Å². The van der Waals surface area contributed by atoms with Crippen LogP contribution in [0.25, 0.3) is 0 Å². The smallest absolute Gasteiger partial charge is 0.305 e. The van der Waals surface area contributed by atoms with Crippen LogP contribution in [0.2, 0.25) is 0 Å². The van der Waals surface area contributed by atoms with E-state index in [0.29, 0.717) is 25.9 Å². The summed E-state index contributed by atoms with van der Waals surface area (Å²) in [6.45, 7) is 4.85. The van der Waals surface area contributed by atoms with Crippen LogP contribution < -0.4 is 5.32 Å². The molecule has 0 aliphatic heterocycles. The lowest BCUT2D eigenvalue weighted by Crippen LogP contribution is -2.45. The van der Waals surface area contributed by atoms with Crippen molar-refractivity contribution in [2.75, 3.05) is 13.2 Å². The molecular formula is C51H97NO5. The van der Waals surface area contributed by atoms with Gasteiger partial charge in [-0.3, -0.25) is 9.59 Å². The molecule has 57 heavy (non-hydrogen) atoms. The van der Waals surface area contributed by atoms with Crippen LogP contribution >= 0.6 is 0 Å². The number of unbranched alkanes of at least 4 members (excludes halogenated alkanes) is 31. The molecule has 0 aliphatic carbocycles. The molecule has 0 aliphatic rings. The molecule has 2 atom stereocenters. The molecule has 0 fully saturated rings. The number of amides is 1. The Morgan fingerprint density at radius 1 is 0.491 bits per heavy atom. The molecule has 0 bridgehead atoms. The van der Waals surface area contributed by atoms with Crippen LogP contribution in [0.1, 0.15) is 264 Å². The van der Waals surface area contributed by atoms with Crippen LogP contribution in [0.15, 0.2) is 24.3 Å². The van der Waals surface area contributed by atoms with E-state index in [1.165, 1.54) is 173 Å². The Labute approximate surface area is 354 Å². The summed E-state index contributed by atoms with van der Waals surface area (Å²) in [5.74, 6) is -0.0643. The molecule has 6 nitrogen and oxygen atoms in total. The van der Waals surface area contributed by atoms with Gasteiger partial charge in [-0.15, -0.1) is 0 Å². The zero-order chi connectivity index (χ0) is 41.5. The van der Waals surface area contributed by atoms with Gasteiger partial charge in [-0.2, -0.15) is 0 Å². The van der Waals surface area contributed by atoms with Crippen molar-refractivity contribution in [2.45, 2.75) is 276 Å². The van der Waals surface area contributed by atoms with Gasteiger partial charge in [0.2, 0.25) is 5.91 Å². The predicted molar refractivity (Wildman–Crippen MR) is 246 cm³/mol. The van der Waals surface area contributed by atoms with Crippen LogP contribution in [-0.2, 0) is 14.3 Å². The lowest BCUT2D eigenvalue weighted by atomic mass is 10.0. The molecule has 0 saturated heterocycles. The monoisotopic (exact) mass is 804 g/mol. The zero-order valence-electron chi connectivity index (χ0n) is 38.1. The van der Waals surface area contributed by atoms with Gasteiger partial charge in [-0.05, 0) is 51.4 Å². The first kappa shape index (κ1) is 55.3. The van der Waals surface area contributed by atoms with Gasteiger partial charge in [0, 0.05) is 12.8 Å². The minimum Gasteiger partial charge on any atom is -0.466 e. The summed E-state index contributed by atoms with van der Waals surface area (Å²) in [7, 11) is 0. The van der Waals surface area contributed by atoms with E-state index < -0.39 is 12.1 Å². The number of esters is 1. The normalized spacial score (nSPS) is 12.8. The number of hydrogen-bond donors (Lipinski definition) is 3.